The molecule has 0 spiro atoms. The van der Waals surface area contributed by atoms with E-state index in [0.717, 1.165) is 43.0 Å². The molecule has 0 aromatic heterocycles. The van der Waals surface area contributed by atoms with Crippen LogP contribution >= 0.6 is 15.9 Å². The van der Waals surface area contributed by atoms with Gasteiger partial charge in [-0.3, -0.25) is 4.79 Å². The number of benzene rings is 4. The van der Waals surface area contributed by atoms with E-state index in [9.17, 15) is 4.79 Å². The van der Waals surface area contributed by atoms with Gasteiger partial charge in [0.25, 0.3) is 0 Å². The maximum absolute atomic E-state index is 12.8. The van der Waals surface area contributed by atoms with Gasteiger partial charge < -0.3 is 10.1 Å². The Labute approximate surface area is 166 Å². The third-order valence-electron chi connectivity index (χ3n) is 4.67. The van der Waals surface area contributed by atoms with E-state index in [1.807, 2.05) is 72.8 Å². The molecule has 0 saturated carbocycles. The van der Waals surface area contributed by atoms with E-state index in [0.29, 0.717) is 0 Å². The van der Waals surface area contributed by atoms with Crippen LogP contribution in [0.25, 0.3) is 21.5 Å². The number of halogens is 1. The fourth-order valence-corrected chi connectivity index (χ4v) is 3.79. The van der Waals surface area contributed by atoms with Crippen LogP contribution in [0.1, 0.15) is 5.56 Å². The fraction of sp³-hybridized carbons (Fsp3) is 0.0870. The smallest absolute Gasteiger partial charge is 0.228 e. The lowest BCUT2D eigenvalue weighted by atomic mass is 10.0. The van der Waals surface area contributed by atoms with Crippen molar-refractivity contribution in [1.29, 1.82) is 0 Å². The van der Waals surface area contributed by atoms with Gasteiger partial charge in [0.15, 0.2) is 0 Å². The predicted octanol–water partition coefficient (Wildman–Crippen LogP) is 5.95. The van der Waals surface area contributed by atoms with Crippen molar-refractivity contribution in [3.63, 3.8) is 0 Å². The maximum Gasteiger partial charge on any atom is 0.228 e. The maximum atomic E-state index is 12.8. The third-order valence-corrected chi connectivity index (χ3v) is 5.16. The number of rotatable bonds is 4. The van der Waals surface area contributed by atoms with Crippen LogP contribution in [0.2, 0.25) is 0 Å². The van der Waals surface area contributed by atoms with Crippen molar-refractivity contribution in [1.82, 2.24) is 0 Å². The first-order valence-corrected chi connectivity index (χ1v) is 9.48. The van der Waals surface area contributed by atoms with Gasteiger partial charge in [-0.05, 0) is 40.4 Å². The van der Waals surface area contributed by atoms with Crippen LogP contribution in [-0.4, -0.2) is 13.0 Å². The van der Waals surface area contributed by atoms with E-state index in [1.54, 1.807) is 7.11 Å². The van der Waals surface area contributed by atoms with Gasteiger partial charge in [0.1, 0.15) is 5.75 Å². The molecule has 27 heavy (non-hydrogen) atoms. The molecule has 4 rings (SSSR count). The molecule has 0 radical (unpaired) electrons. The lowest BCUT2D eigenvalue weighted by molar-refractivity contribution is -0.115. The highest BCUT2D eigenvalue weighted by molar-refractivity contribution is 9.10. The van der Waals surface area contributed by atoms with E-state index < -0.39 is 0 Å². The van der Waals surface area contributed by atoms with Gasteiger partial charge >= 0.3 is 0 Å². The Kier molecular flexibility index (Phi) is 4.82. The normalized spacial score (nSPS) is 10.9. The van der Waals surface area contributed by atoms with Crippen LogP contribution in [0, 0.1) is 0 Å². The molecular formula is C23H18BrNO2. The van der Waals surface area contributed by atoms with Gasteiger partial charge in [-0.1, -0.05) is 64.5 Å². The zero-order valence-corrected chi connectivity index (χ0v) is 16.4. The molecule has 3 nitrogen and oxygen atoms in total. The number of hydrogen-bond acceptors (Lipinski definition) is 2. The second-order valence-electron chi connectivity index (χ2n) is 6.36. The Morgan fingerprint density at radius 1 is 0.926 bits per heavy atom. The van der Waals surface area contributed by atoms with E-state index in [2.05, 4.69) is 21.2 Å². The molecule has 0 fully saturated rings. The summed E-state index contributed by atoms with van der Waals surface area (Å²) in [6, 6.07) is 23.9. The summed E-state index contributed by atoms with van der Waals surface area (Å²) in [5, 5.41) is 7.27. The van der Waals surface area contributed by atoms with Gasteiger partial charge in [0.05, 0.1) is 13.5 Å². The Hall–Kier alpha value is -2.85. The summed E-state index contributed by atoms with van der Waals surface area (Å²) in [4.78, 5) is 12.8. The molecule has 0 atom stereocenters. The van der Waals surface area contributed by atoms with E-state index >= 15 is 0 Å². The SMILES string of the molecule is COc1ccc2cc(Br)ccc2c1CC(=O)Nc1cccc2ccccc12. The summed E-state index contributed by atoms with van der Waals surface area (Å²) in [5.74, 6) is 0.651. The first-order chi connectivity index (χ1) is 13.2. The average molecular weight is 420 g/mol. The van der Waals surface area contributed by atoms with Crippen LogP contribution in [0.4, 0.5) is 5.69 Å². The lowest BCUT2D eigenvalue weighted by Crippen LogP contribution is -2.15. The highest BCUT2D eigenvalue weighted by atomic mass is 79.9. The molecule has 0 heterocycles. The standard InChI is InChI=1S/C23H18BrNO2/c1-27-22-12-9-16-13-17(24)10-11-18(16)20(22)14-23(26)25-21-8-4-6-15-5-2-3-7-19(15)21/h2-13H,14H2,1H3,(H,25,26). The van der Waals surface area contributed by atoms with Crippen molar-refractivity contribution in [2.45, 2.75) is 6.42 Å². The summed E-state index contributed by atoms with van der Waals surface area (Å²) in [6.07, 6.45) is 0.241. The van der Waals surface area contributed by atoms with Crippen LogP contribution in [-0.2, 0) is 11.2 Å². The summed E-state index contributed by atoms with van der Waals surface area (Å²) in [7, 11) is 1.63. The molecule has 4 aromatic carbocycles. The summed E-state index contributed by atoms with van der Waals surface area (Å²) < 4.78 is 6.52. The van der Waals surface area contributed by atoms with Gasteiger partial charge in [0.2, 0.25) is 5.91 Å². The first kappa shape index (κ1) is 17.6. The van der Waals surface area contributed by atoms with Crippen molar-refractivity contribution >= 4 is 49.1 Å². The van der Waals surface area contributed by atoms with Crippen molar-refractivity contribution in [2.24, 2.45) is 0 Å². The van der Waals surface area contributed by atoms with Gasteiger partial charge in [-0.15, -0.1) is 0 Å². The molecule has 1 amide bonds. The number of ether oxygens (including phenoxy) is 1. The molecule has 0 aliphatic heterocycles. The molecule has 0 saturated heterocycles. The first-order valence-electron chi connectivity index (χ1n) is 8.68. The average Bonchev–Trinajstić information content (AvgIpc) is 2.68. The van der Waals surface area contributed by atoms with E-state index in [4.69, 9.17) is 4.74 Å². The molecule has 0 unspecified atom stereocenters. The predicted molar refractivity (Wildman–Crippen MR) is 114 cm³/mol. The Balaban J connectivity index is 1.68. The largest absolute Gasteiger partial charge is 0.496 e. The number of anilines is 1. The molecule has 0 bridgehead atoms. The monoisotopic (exact) mass is 419 g/mol. The third kappa shape index (κ3) is 3.53. The number of fused-ring (bicyclic) bond motifs is 2. The number of hydrogen-bond donors (Lipinski definition) is 1. The zero-order valence-electron chi connectivity index (χ0n) is 14.8. The highest BCUT2D eigenvalue weighted by Gasteiger charge is 2.14. The van der Waals surface area contributed by atoms with Crippen molar-refractivity contribution in [3.05, 3.63) is 82.8 Å². The lowest BCUT2D eigenvalue weighted by Gasteiger charge is -2.13. The second kappa shape index (κ2) is 7.41. The fourth-order valence-electron chi connectivity index (χ4n) is 3.41. The van der Waals surface area contributed by atoms with Crippen molar-refractivity contribution in [3.8, 4) is 5.75 Å². The Morgan fingerprint density at radius 2 is 1.74 bits per heavy atom. The Morgan fingerprint density at radius 3 is 2.59 bits per heavy atom. The summed E-state index contributed by atoms with van der Waals surface area (Å²) in [5.41, 5.74) is 1.71. The van der Waals surface area contributed by atoms with Gasteiger partial charge in [-0.2, -0.15) is 0 Å². The van der Waals surface area contributed by atoms with Crippen LogP contribution in [0.5, 0.6) is 5.75 Å². The summed E-state index contributed by atoms with van der Waals surface area (Å²) >= 11 is 3.50. The van der Waals surface area contributed by atoms with Crippen molar-refractivity contribution < 1.29 is 9.53 Å². The number of carbonyl (C=O) groups is 1. The van der Waals surface area contributed by atoms with Crippen LogP contribution < -0.4 is 10.1 Å². The van der Waals surface area contributed by atoms with Gasteiger partial charge in [-0.25, -0.2) is 0 Å². The second-order valence-corrected chi connectivity index (χ2v) is 7.28. The minimum atomic E-state index is -0.0694. The quantitative estimate of drug-likeness (QED) is 0.444. The Bertz CT molecular complexity index is 1150. The zero-order chi connectivity index (χ0) is 18.8. The van der Waals surface area contributed by atoms with E-state index in [1.165, 1.54) is 0 Å². The molecule has 0 aliphatic carbocycles. The molecule has 134 valence electrons. The molecule has 4 heteroatoms. The number of amides is 1. The number of carbonyl (C=O) groups excluding carboxylic acids is 1. The van der Waals surface area contributed by atoms with E-state index in [-0.39, 0.29) is 12.3 Å². The molecule has 1 N–H and O–H groups in total. The summed E-state index contributed by atoms with van der Waals surface area (Å²) in [6.45, 7) is 0. The molecule has 0 aliphatic rings. The van der Waals surface area contributed by atoms with Crippen LogP contribution in [0.3, 0.4) is 0 Å². The minimum absolute atomic E-state index is 0.0694. The number of methoxy groups -OCH3 is 1. The van der Waals surface area contributed by atoms with Crippen LogP contribution in [0.15, 0.2) is 77.3 Å². The van der Waals surface area contributed by atoms with Crippen molar-refractivity contribution in [2.75, 3.05) is 12.4 Å². The molecular weight excluding hydrogens is 402 g/mol. The highest BCUT2D eigenvalue weighted by Crippen LogP contribution is 2.31. The topological polar surface area (TPSA) is 38.3 Å². The minimum Gasteiger partial charge on any atom is -0.496 e. The molecule has 4 aromatic rings. The number of nitrogens with one attached hydrogen (secondary N) is 1. The van der Waals surface area contributed by atoms with Gasteiger partial charge in [0, 0.05) is 21.1 Å².